The third kappa shape index (κ3) is 3.47. The summed E-state index contributed by atoms with van der Waals surface area (Å²) in [5, 5.41) is 13.1. The molecule has 2 atom stereocenters. The number of hydrogen-bond acceptors (Lipinski definition) is 4. The van der Waals surface area contributed by atoms with E-state index in [-0.39, 0.29) is 0 Å². The second-order valence-corrected chi connectivity index (χ2v) is 6.63. The lowest BCUT2D eigenvalue weighted by Gasteiger charge is -2.11. The maximum absolute atomic E-state index is 10.7. The van der Waals surface area contributed by atoms with Gasteiger partial charge in [0.2, 0.25) is 0 Å². The molecule has 94 valence electrons. The monoisotopic (exact) mass is 271 g/mol. The van der Waals surface area contributed by atoms with Crippen LogP contribution in [0.3, 0.4) is 0 Å². The Kier molecular flexibility index (Phi) is 4.48. The van der Waals surface area contributed by atoms with Crippen molar-refractivity contribution in [2.75, 3.05) is 6.26 Å². The van der Waals surface area contributed by atoms with Crippen molar-refractivity contribution < 1.29 is 9.90 Å². The van der Waals surface area contributed by atoms with E-state index in [4.69, 9.17) is 5.11 Å². The Morgan fingerprint density at radius 3 is 3.00 bits per heavy atom. The van der Waals surface area contributed by atoms with Gasteiger partial charge in [-0.05, 0) is 37.7 Å². The molecule has 0 aromatic carbocycles. The van der Waals surface area contributed by atoms with Crippen molar-refractivity contribution in [3.8, 4) is 0 Å². The van der Waals surface area contributed by atoms with E-state index >= 15 is 0 Å². The van der Waals surface area contributed by atoms with E-state index in [0.717, 1.165) is 16.7 Å². The third-order valence-electron chi connectivity index (χ3n) is 3.16. The molecule has 17 heavy (non-hydrogen) atoms. The van der Waals surface area contributed by atoms with Crippen LogP contribution in [0, 0.1) is 0 Å². The minimum atomic E-state index is -0.829. The van der Waals surface area contributed by atoms with Crippen molar-refractivity contribution in [1.82, 2.24) is 5.32 Å². The van der Waals surface area contributed by atoms with Crippen LogP contribution < -0.4 is 5.32 Å². The number of nitrogens with one attached hydrogen (secondary N) is 1. The lowest BCUT2D eigenvalue weighted by Crippen LogP contribution is -2.25. The molecule has 0 saturated heterocycles. The number of thioether (sulfide) groups is 1. The molecule has 0 amide bonds. The zero-order valence-corrected chi connectivity index (χ0v) is 11.4. The topological polar surface area (TPSA) is 49.3 Å². The van der Waals surface area contributed by atoms with Gasteiger partial charge in [0.05, 0.1) is 0 Å². The molecule has 3 nitrogen and oxygen atoms in total. The summed E-state index contributed by atoms with van der Waals surface area (Å²) in [6, 6.07) is 4.19. The summed E-state index contributed by atoms with van der Waals surface area (Å²) < 4.78 is 0. The van der Waals surface area contributed by atoms with Crippen LogP contribution in [-0.4, -0.2) is 28.6 Å². The SMILES string of the molecule is CSC1CCC(NCc2ccc(C(=O)O)s2)C1. The highest BCUT2D eigenvalue weighted by Crippen LogP contribution is 2.28. The molecule has 2 unspecified atom stereocenters. The van der Waals surface area contributed by atoms with E-state index in [2.05, 4.69) is 11.6 Å². The van der Waals surface area contributed by atoms with E-state index in [1.54, 1.807) is 6.07 Å². The fourth-order valence-electron chi connectivity index (χ4n) is 2.17. The molecule has 0 bridgehead atoms. The second-order valence-electron chi connectivity index (χ2n) is 4.32. The highest BCUT2D eigenvalue weighted by Gasteiger charge is 2.23. The normalized spacial score (nSPS) is 24.1. The van der Waals surface area contributed by atoms with Crippen LogP contribution >= 0.6 is 23.1 Å². The number of carbonyl (C=O) groups is 1. The van der Waals surface area contributed by atoms with Gasteiger partial charge in [-0.1, -0.05) is 0 Å². The van der Waals surface area contributed by atoms with E-state index < -0.39 is 5.97 Å². The smallest absolute Gasteiger partial charge is 0.345 e. The second kappa shape index (κ2) is 5.89. The molecule has 1 fully saturated rings. The van der Waals surface area contributed by atoms with E-state index in [1.807, 2.05) is 17.8 Å². The van der Waals surface area contributed by atoms with Gasteiger partial charge in [0.15, 0.2) is 0 Å². The van der Waals surface area contributed by atoms with Gasteiger partial charge in [-0.2, -0.15) is 11.8 Å². The summed E-state index contributed by atoms with van der Waals surface area (Å²) in [4.78, 5) is 12.3. The lowest BCUT2D eigenvalue weighted by molar-refractivity contribution is 0.0702. The number of carboxylic acids is 1. The quantitative estimate of drug-likeness (QED) is 0.864. The van der Waals surface area contributed by atoms with E-state index in [1.165, 1.54) is 30.6 Å². The number of rotatable bonds is 5. The molecule has 0 spiro atoms. The molecule has 1 aromatic heterocycles. The van der Waals surface area contributed by atoms with Crippen LogP contribution in [0.1, 0.15) is 33.8 Å². The van der Waals surface area contributed by atoms with Crippen molar-refractivity contribution in [3.05, 3.63) is 21.9 Å². The fraction of sp³-hybridized carbons (Fsp3) is 0.583. The Morgan fingerprint density at radius 2 is 2.41 bits per heavy atom. The first-order valence-electron chi connectivity index (χ1n) is 5.77. The van der Waals surface area contributed by atoms with Gasteiger partial charge >= 0.3 is 5.97 Å². The average Bonchev–Trinajstić information content (AvgIpc) is 2.95. The first-order valence-corrected chi connectivity index (χ1v) is 7.87. The highest BCUT2D eigenvalue weighted by molar-refractivity contribution is 7.99. The summed E-state index contributed by atoms with van der Waals surface area (Å²) in [6.07, 6.45) is 5.94. The maximum atomic E-state index is 10.7. The number of aromatic carboxylic acids is 1. The van der Waals surface area contributed by atoms with Crippen molar-refractivity contribution in [2.45, 2.75) is 37.1 Å². The Bertz CT molecular complexity index is 392. The van der Waals surface area contributed by atoms with Crippen molar-refractivity contribution in [2.24, 2.45) is 0 Å². The largest absolute Gasteiger partial charge is 0.477 e. The third-order valence-corrected chi connectivity index (χ3v) is 5.32. The fourth-order valence-corrected chi connectivity index (χ4v) is 3.77. The van der Waals surface area contributed by atoms with Gasteiger partial charge in [0.25, 0.3) is 0 Å². The van der Waals surface area contributed by atoms with E-state index in [0.29, 0.717) is 10.9 Å². The number of hydrogen-bond donors (Lipinski definition) is 2. The zero-order chi connectivity index (χ0) is 12.3. The number of thiophene rings is 1. The molecule has 1 aromatic rings. The molecular formula is C12H17NO2S2. The molecule has 0 aliphatic heterocycles. The Balaban J connectivity index is 1.80. The van der Waals surface area contributed by atoms with Crippen molar-refractivity contribution in [1.29, 1.82) is 0 Å². The maximum Gasteiger partial charge on any atom is 0.345 e. The zero-order valence-electron chi connectivity index (χ0n) is 9.81. The van der Waals surface area contributed by atoms with E-state index in [9.17, 15) is 4.79 Å². The highest BCUT2D eigenvalue weighted by atomic mass is 32.2. The minimum absolute atomic E-state index is 0.426. The average molecular weight is 271 g/mol. The van der Waals surface area contributed by atoms with Crippen LogP contribution in [0.2, 0.25) is 0 Å². The predicted octanol–water partition coefficient (Wildman–Crippen LogP) is 2.82. The lowest BCUT2D eigenvalue weighted by atomic mass is 10.2. The Hall–Kier alpha value is -0.520. The predicted molar refractivity (Wildman–Crippen MR) is 73.1 cm³/mol. The molecule has 1 saturated carbocycles. The summed E-state index contributed by atoms with van der Waals surface area (Å²) >= 11 is 3.31. The van der Waals surface area contributed by atoms with Crippen LogP contribution in [0.5, 0.6) is 0 Å². The van der Waals surface area contributed by atoms with Crippen LogP contribution in [-0.2, 0) is 6.54 Å². The van der Waals surface area contributed by atoms with Gasteiger partial charge in [-0.15, -0.1) is 11.3 Å². The first-order chi connectivity index (χ1) is 8.19. The first kappa shape index (κ1) is 12.9. The molecule has 1 aliphatic carbocycles. The summed E-state index contributed by atoms with van der Waals surface area (Å²) in [5.74, 6) is -0.829. The Morgan fingerprint density at radius 1 is 1.59 bits per heavy atom. The van der Waals surface area contributed by atoms with Gasteiger partial charge < -0.3 is 10.4 Å². The summed E-state index contributed by atoms with van der Waals surface area (Å²) in [6.45, 7) is 0.795. The summed E-state index contributed by atoms with van der Waals surface area (Å²) in [7, 11) is 0. The molecule has 0 radical (unpaired) electrons. The van der Waals surface area contributed by atoms with Crippen LogP contribution in [0.25, 0.3) is 0 Å². The van der Waals surface area contributed by atoms with Crippen molar-refractivity contribution in [3.63, 3.8) is 0 Å². The van der Waals surface area contributed by atoms with Gasteiger partial charge in [0, 0.05) is 22.7 Å². The Labute approximate surface area is 110 Å². The molecule has 1 heterocycles. The minimum Gasteiger partial charge on any atom is -0.477 e. The van der Waals surface area contributed by atoms with Gasteiger partial charge in [-0.25, -0.2) is 4.79 Å². The van der Waals surface area contributed by atoms with Crippen LogP contribution in [0.15, 0.2) is 12.1 Å². The van der Waals surface area contributed by atoms with Crippen molar-refractivity contribution >= 4 is 29.1 Å². The molecule has 2 N–H and O–H groups in total. The molecule has 2 rings (SSSR count). The van der Waals surface area contributed by atoms with Crippen LogP contribution in [0.4, 0.5) is 0 Å². The summed E-state index contributed by atoms with van der Waals surface area (Å²) in [5.41, 5.74) is 0. The standard InChI is InChI=1S/C12H17NO2S2/c1-16-9-3-2-8(6-9)13-7-10-4-5-11(17-10)12(14)15/h4-5,8-9,13H,2-3,6-7H2,1H3,(H,14,15). The van der Waals surface area contributed by atoms with Gasteiger partial charge in [0.1, 0.15) is 4.88 Å². The molecular weight excluding hydrogens is 254 g/mol. The molecule has 5 heteroatoms. The number of carboxylic acid groups (broad SMARTS) is 1. The van der Waals surface area contributed by atoms with Gasteiger partial charge in [-0.3, -0.25) is 0 Å². The molecule has 1 aliphatic rings.